The molecule has 2 atom stereocenters. The molecule has 34 heavy (non-hydrogen) atoms. The molecule has 3 N–H and O–H groups in total. The molecular weight excluding hydrogens is 436 g/mol. The molecule has 9 heteroatoms. The van der Waals surface area contributed by atoms with Crippen LogP contribution in [0.25, 0.3) is 0 Å². The van der Waals surface area contributed by atoms with Gasteiger partial charge in [0.2, 0.25) is 17.7 Å². The van der Waals surface area contributed by atoms with Gasteiger partial charge in [0, 0.05) is 45.6 Å². The van der Waals surface area contributed by atoms with E-state index in [0.717, 1.165) is 25.2 Å². The summed E-state index contributed by atoms with van der Waals surface area (Å²) in [6.07, 6.45) is 1.31. The summed E-state index contributed by atoms with van der Waals surface area (Å²) in [6, 6.07) is 9.01. The standard InChI is InChI=1S/C25H38N4O5/c1-19(2)17-25(18-22(30)27-33)8-10-29(24(25)32)21(16-20-6-4-3-5-7-20)23(31)26-9-11-28-12-14-34-15-13-28/h3-7,19,21,33H,8-18H2,1-2H3,(H,26,31)(H,27,30)/t21-,25+/m0/s1. The zero-order valence-electron chi connectivity index (χ0n) is 20.3. The van der Waals surface area contributed by atoms with E-state index >= 15 is 0 Å². The second-order valence-corrected chi connectivity index (χ2v) is 9.79. The van der Waals surface area contributed by atoms with Crippen molar-refractivity contribution in [1.29, 1.82) is 0 Å². The Morgan fingerprint density at radius 3 is 2.50 bits per heavy atom. The maximum Gasteiger partial charge on any atom is 0.244 e. The first-order valence-electron chi connectivity index (χ1n) is 12.2. The summed E-state index contributed by atoms with van der Waals surface area (Å²) in [5, 5.41) is 12.1. The number of rotatable bonds is 11. The van der Waals surface area contributed by atoms with E-state index in [2.05, 4.69) is 10.2 Å². The molecule has 0 radical (unpaired) electrons. The van der Waals surface area contributed by atoms with Crippen LogP contribution < -0.4 is 10.8 Å². The molecule has 0 saturated carbocycles. The summed E-state index contributed by atoms with van der Waals surface area (Å²) in [5.41, 5.74) is 1.73. The lowest BCUT2D eigenvalue weighted by Crippen LogP contribution is -2.52. The van der Waals surface area contributed by atoms with Gasteiger partial charge in [-0.2, -0.15) is 0 Å². The summed E-state index contributed by atoms with van der Waals surface area (Å²) in [5.74, 6) is -0.762. The number of amides is 3. The minimum Gasteiger partial charge on any atom is -0.379 e. The van der Waals surface area contributed by atoms with Crippen LogP contribution >= 0.6 is 0 Å². The van der Waals surface area contributed by atoms with Gasteiger partial charge in [-0.1, -0.05) is 44.2 Å². The number of hydrogen-bond donors (Lipinski definition) is 3. The van der Waals surface area contributed by atoms with Crippen molar-refractivity contribution >= 4 is 17.7 Å². The van der Waals surface area contributed by atoms with E-state index in [0.29, 0.717) is 45.6 Å². The number of carbonyl (C=O) groups excluding carboxylic acids is 3. The van der Waals surface area contributed by atoms with Crippen LogP contribution in [-0.4, -0.2) is 84.7 Å². The molecule has 188 valence electrons. The monoisotopic (exact) mass is 474 g/mol. The minimum atomic E-state index is -0.913. The van der Waals surface area contributed by atoms with Crippen LogP contribution in [0.2, 0.25) is 0 Å². The number of likely N-dealkylation sites (tertiary alicyclic amines) is 1. The number of hydrogen-bond acceptors (Lipinski definition) is 6. The molecule has 1 aromatic carbocycles. The van der Waals surface area contributed by atoms with E-state index in [9.17, 15) is 14.4 Å². The van der Waals surface area contributed by atoms with Crippen molar-refractivity contribution in [3.8, 4) is 0 Å². The molecule has 0 aliphatic carbocycles. The normalized spacial score (nSPS) is 22.1. The largest absolute Gasteiger partial charge is 0.379 e. The molecule has 0 spiro atoms. The van der Waals surface area contributed by atoms with Crippen LogP contribution in [0.4, 0.5) is 0 Å². The van der Waals surface area contributed by atoms with Gasteiger partial charge in [0.05, 0.1) is 18.6 Å². The third kappa shape index (κ3) is 6.77. The molecule has 1 aromatic rings. The molecule has 2 aliphatic heterocycles. The fourth-order valence-corrected chi connectivity index (χ4v) is 5.16. The van der Waals surface area contributed by atoms with Crippen molar-refractivity contribution in [3.63, 3.8) is 0 Å². The predicted molar refractivity (Wildman–Crippen MR) is 127 cm³/mol. The summed E-state index contributed by atoms with van der Waals surface area (Å²) in [7, 11) is 0. The Bertz CT molecular complexity index is 828. The van der Waals surface area contributed by atoms with Crippen LogP contribution in [0.3, 0.4) is 0 Å². The SMILES string of the molecule is CC(C)C[C@@]1(CC(=O)NO)CCN([C@@H](Cc2ccccc2)C(=O)NCCN2CCOCC2)C1=O. The average Bonchev–Trinajstić information content (AvgIpc) is 3.13. The molecule has 2 heterocycles. The molecule has 2 aliphatic rings. The summed E-state index contributed by atoms with van der Waals surface area (Å²) >= 11 is 0. The maximum atomic E-state index is 13.7. The molecule has 9 nitrogen and oxygen atoms in total. The highest BCUT2D eigenvalue weighted by atomic mass is 16.5. The van der Waals surface area contributed by atoms with Gasteiger partial charge in [-0.3, -0.25) is 24.5 Å². The van der Waals surface area contributed by atoms with Gasteiger partial charge in [-0.05, 0) is 24.3 Å². The molecule has 2 saturated heterocycles. The van der Waals surface area contributed by atoms with Gasteiger partial charge >= 0.3 is 0 Å². The van der Waals surface area contributed by atoms with Crippen LogP contribution in [0.5, 0.6) is 0 Å². The first-order chi connectivity index (χ1) is 16.3. The lowest BCUT2D eigenvalue weighted by Gasteiger charge is -2.32. The summed E-state index contributed by atoms with van der Waals surface area (Å²) in [6.45, 7) is 8.74. The van der Waals surface area contributed by atoms with Crippen molar-refractivity contribution in [2.24, 2.45) is 11.3 Å². The number of nitrogens with one attached hydrogen (secondary N) is 2. The number of ether oxygens (including phenoxy) is 1. The highest BCUT2D eigenvalue weighted by Crippen LogP contribution is 2.42. The van der Waals surface area contributed by atoms with Gasteiger partial charge in [0.1, 0.15) is 6.04 Å². The van der Waals surface area contributed by atoms with Gasteiger partial charge in [-0.25, -0.2) is 5.48 Å². The Balaban J connectivity index is 1.75. The average molecular weight is 475 g/mol. The highest BCUT2D eigenvalue weighted by Gasteiger charge is 2.50. The number of hydroxylamine groups is 1. The van der Waals surface area contributed by atoms with Gasteiger partial charge < -0.3 is 15.0 Å². The first-order valence-corrected chi connectivity index (χ1v) is 12.2. The number of nitrogens with zero attached hydrogens (tertiary/aromatic N) is 2. The number of morpholine rings is 1. The van der Waals surface area contributed by atoms with Gasteiger partial charge in [0.15, 0.2) is 0 Å². The smallest absolute Gasteiger partial charge is 0.244 e. The van der Waals surface area contributed by atoms with Crippen LogP contribution in [-0.2, 0) is 25.5 Å². The first kappa shape index (κ1) is 26.1. The number of carbonyl (C=O) groups is 3. The zero-order chi connectivity index (χ0) is 24.6. The van der Waals surface area contributed by atoms with E-state index < -0.39 is 17.4 Å². The van der Waals surface area contributed by atoms with Crippen LogP contribution in [0, 0.1) is 11.3 Å². The topological polar surface area (TPSA) is 111 Å². The molecule has 2 fully saturated rings. The van der Waals surface area contributed by atoms with Crippen molar-refractivity contribution in [2.45, 2.75) is 45.6 Å². The van der Waals surface area contributed by atoms with E-state index in [4.69, 9.17) is 9.94 Å². The second kappa shape index (κ2) is 12.3. The fraction of sp³-hybridized carbons (Fsp3) is 0.640. The number of benzene rings is 1. The van der Waals surface area contributed by atoms with Gasteiger partial charge in [0.25, 0.3) is 0 Å². The van der Waals surface area contributed by atoms with E-state index in [1.54, 1.807) is 10.4 Å². The Kier molecular flexibility index (Phi) is 9.44. The third-order valence-electron chi connectivity index (χ3n) is 6.75. The van der Waals surface area contributed by atoms with Crippen molar-refractivity contribution < 1.29 is 24.3 Å². The molecule has 0 aromatic heterocycles. The van der Waals surface area contributed by atoms with Crippen molar-refractivity contribution in [2.75, 3.05) is 45.9 Å². The van der Waals surface area contributed by atoms with E-state index in [1.165, 1.54) is 0 Å². The predicted octanol–water partition coefficient (Wildman–Crippen LogP) is 1.21. The Labute approximate surface area is 201 Å². The van der Waals surface area contributed by atoms with E-state index in [-0.39, 0.29) is 24.2 Å². The minimum absolute atomic E-state index is 0.0896. The van der Waals surface area contributed by atoms with Crippen LogP contribution in [0.1, 0.15) is 38.7 Å². The molecule has 3 rings (SSSR count). The molecular formula is C25H38N4O5. The Hall–Kier alpha value is -2.49. The Morgan fingerprint density at radius 2 is 1.85 bits per heavy atom. The lowest BCUT2D eigenvalue weighted by molar-refractivity contribution is -0.147. The summed E-state index contributed by atoms with van der Waals surface area (Å²) in [4.78, 5) is 43.1. The van der Waals surface area contributed by atoms with Crippen molar-refractivity contribution in [3.05, 3.63) is 35.9 Å². The molecule has 3 amide bonds. The Morgan fingerprint density at radius 1 is 1.15 bits per heavy atom. The summed E-state index contributed by atoms with van der Waals surface area (Å²) < 4.78 is 5.38. The highest BCUT2D eigenvalue weighted by molar-refractivity contribution is 5.94. The van der Waals surface area contributed by atoms with Crippen molar-refractivity contribution in [1.82, 2.24) is 20.6 Å². The quantitative estimate of drug-likeness (QED) is 0.328. The third-order valence-corrected chi connectivity index (χ3v) is 6.75. The maximum absolute atomic E-state index is 13.7. The zero-order valence-corrected chi connectivity index (χ0v) is 20.3. The van der Waals surface area contributed by atoms with E-state index in [1.807, 2.05) is 44.2 Å². The van der Waals surface area contributed by atoms with Crippen LogP contribution in [0.15, 0.2) is 30.3 Å². The molecule has 0 bridgehead atoms. The van der Waals surface area contributed by atoms with Gasteiger partial charge in [-0.15, -0.1) is 0 Å². The second-order valence-electron chi connectivity index (χ2n) is 9.79. The lowest BCUT2D eigenvalue weighted by atomic mass is 9.75. The fourth-order valence-electron chi connectivity index (χ4n) is 5.16. The molecule has 0 unspecified atom stereocenters.